The van der Waals surface area contributed by atoms with E-state index >= 15 is 0 Å². The van der Waals surface area contributed by atoms with Crippen molar-refractivity contribution in [3.63, 3.8) is 0 Å². The molecule has 0 unspecified atom stereocenters. The Bertz CT molecular complexity index is 460. The van der Waals surface area contributed by atoms with Crippen molar-refractivity contribution in [2.24, 2.45) is 11.8 Å². The van der Waals surface area contributed by atoms with Crippen molar-refractivity contribution in [1.82, 2.24) is 9.88 Å². The Labute approximate surface area is 114 Å². The smallest absolute Gasteiger partial charge is 0.254 e. The van der Waals surface area contributed by atoms with Gasteiger partial charge in [-0.3, -0.25) is 4.79 Å². The van der Waals surface area contributed by atoms with Gasteiger partial charge in [-0.2, -0.15) is 0 Å². The highest BCUT2D eigenvalue weighted by Crippen LogP contribution is 2.36. The molecule has 2 atom stereocenters. The predicted octanol–water partition coefficient (Wildman–Crippen LogP) is 2.39. The SMILES string of the molecule is CNc1cc(C(=O)N2C[C@@H]3CCCC[C@H]3C2)ccn1. The number of anilines is 1. The number of aromatic nitrogens is 1. The van der Waals surface area contributed by atoms with E-state index in [1.54, 1.807) is 6.20 Å². The molecule has 3 rings (SSSR count). The third-order valence-corrected chi connectivity index (χ3v) is 4.53. The van der Waals surface area contributed by atoms with Crippen LogP contribution >= 0.6 is 0 Å². The highest BCUT2D eigenvalue weighted by atomic mass is 16.2. The maximum Gasteiger partial charge on any atom is 0.254 e. The van der Waals surface area contributed by atoms with E-state index in [1.807, 2.05) is 24.1 Å². The molecule has 2 aliphatic rings. The van der Waals surface area contributed by atoms with E-state index in [1.165, 1.54) is 25.7 Å². The number of likely N-dealkylation sites (tertiary alicyclic amines) is 1. The molecule has 1 aromatic rings. The Morgan fingerprint density at radius 3 is 2.63 bits per heavy atom. The molecule has 4 heteroatoms. The summed E-state index contributed by atoms with van der Waals surface area (Å²) in [6.45, 7) is 1.89. The van der Waals surface area contributed by atoms with Gasteiger partial charge in [-0.05, 0) is 36.8 Å². The average molecular weight is 259 g/mol. The van der Waals surface area contributed by atoms with Crippen LogP contribution in [-0.4, -0.2) is 35.9 Å². The van der Waals surface area contributed by atoms with E-state index in [4.69, 9.17) is 0 Å². The van der Waals surface area contributed by atoms with Crippen LogP contribution in [-0.2, 0) is 0 Å². The number of nitrogens with one attached hydrogen (secondary N) is 1. The zero-order chi connectivity index (χ0) is 13.2. The van der Waals surface area contributed by atoms with Crippen LogP contribution in [0.1, 0.15) is 36.0 Å². The van der Waals surface area contributed by atoms with Gasteiger partial charge in [0.1, 0.15) is 5.82 Å². The number of nitrogens with zero attached hydrogens (tertiary/aromatic N) is 2. The van der Waals surface area contributed by atoms with Gasteiger partial charge in [0.2, 0.25) is 0 Å². The standard InChI is InChI=1S/C15H21N3O/c1-16-14-8-11(6-7-17-14)15(19)18-9-12-4-2-3-5-13(12)10-18/h6-8,12-13H,2-5,9-10H2,1H3,(H,16,17)/t12-,13-/m0/s1. The molecule has 0 spiro atoms. The summed E-state index contributed by atoms with van der Waals surface area (Å²) >= 11 is 0. The van der Waals surface area contributed by atoms with Crippen molar-refractivity contribution < 1.29 is 4.79 Å². The lowest BCUT2D eigenvalue weighted by Crippen LogP contribution is -2.29. The molecule has 2 heterocycles. The van der Waals surface area contributed by atoms with Gasteiger partial charge in [0.15, 0.2) is 0 Å². The first-order valence-corrected chi connectivity index (χ1v) is 7.21. The number of fused-ring (bicyclic) bond motifs is 1. The van der Waals surface area contributed by atoms with E-state index in [0.29, 0.717) is 0 Å². The number of hydrogen-bond acceptors (Lipinski definition) is 3. The molecule has 1 amide bonds. The van der Waals surface area contributed by atoms with Crippen LogP contribution in [0.3, 0.4) is 0 Å². The van der Waals surface area contributed by atoms with Crippen LogP contribution in [0.15, 0.2) is 18.3 Å². The Kier molecular flexibility index (Phi) is 3.40. The van der Waals surface area contributed by atoms with Crippen LogP contribution in [0.2, 0.25) is 0 Å². The van der Waals surface area contributed by atoms with Gasteiger partial charge in [0.25, 0.3) is 5.91 Å². The lowest BCUT2D eigenvalue weighted by Gasteiger charge is -2.22. The average Bonchev–Trinajstić information content (AvgIpc) is 2.90. The van der Waals surface area contributed by atoms with E-state index in [-0.39, 0.29) is 5.91 Å². The topological polar surface area (TPSA) is 45.2 Å². The summed E-state index contributed by atoms with van der Waals surface area (Å²) in [5.41, 5.74) is 0.748. The summed E-state index contributed by atoms with van der Waals surface area (Å²) in [6, 6.07) is 3.65. The second-order valence-corrected chi connectivity index (χ2v) is 5.69. The fourth-order valence-electron chi connectivity index (χ4n) is 3.45. The van der Waals surface area contributed by atoms with Gasteiger partial charge < -0.3 is 10.2 Å². The Hall–Kier alpha value is -1.58. The van der Waals surface area contributed by atoms with Crippen molar-refractivity contribution in [3.8, 4) is 0 Å². The molecule has 1 saturated carbocycles. The summed E-state index contributed by atoms with van der Waals surface area (Å²) in [5.74, 6) is 2.39. The van der Waals surface area contributed by atoms with Crippen LogP contribution in [0.25, 0.3) is 0 Å². The molecule has 0 aromatic carbocycles. The Morgan fingerprint density at radius 1 is 1.32 bits per heavy atom. The first-order chi connectivity index (χ1) is 9.28. The molecule has 1 N–H and O–H groups in total. The molecule has 0 bridgehead atoms. The summed E-state index contributed by atoms with van der Waals surface area (Å²) in [7, 11) is 1.82. The molecule has 102 valence electrons. The van der Waals surface area contributed by atoms with Gasteiger partial charge in [0.05, 0.1) is 0 Å². The second-order valence-electron chi connectivity index (χ2n) is 5.69. The molecule has 2 fully saturated rings. The van der Waals surface area contributed by atoms with E-state index in [2.05, 4.69) is 10.3 Å². The van der Waals surface area contributed by atoms with Crippen LogP contribution < -0.4 is 5.32 Å². The number of rotatable bonds is 2. The van der Waals surface area contributed by atoms with Crippen molar-refractivity contribution in [2.45, 2.75) is 25.7 Å². The van der Waals surface area contributed by atoms with Crippen molar-refractivity contribution >= 4 is 11.7 Å². The van der Waals surface area contributed by atoms with Crippen molar-refractivity contribution in [1.29, 1.82) is 0 Å². The minimum Gasteiger partial charge on any atom is -0.373 e. The molecule has 1 aliphatic heterocycles. The summed E-state index contributed by atoms with van der Waals surface area (Å²) in [5, 5.41) is 2.98. The highest BCUT2D eigenvalue weighted by Gasteiger charge is 2.36. The van der Waals surface area contributed by atoms with Gasteiger partial charge in [-0.25, -0.2) is 4.98 Å². The zero-order valence-corrected chi connectivity index (χ0v) is 11.4. The summed E-state index contributed by atoms with van der Waals surface area (Å²) in [6.07, 6.45) is 6.96. The van der Waals surface area contributed by atoms with Gasteiger partial charge in [-0.15, -0.1) is 0 Å². The predicted molar refractivity (Wildman–Crippen MR) is 75.1 cm³/mol. The van der Waals surface area contributed by atoms with Crippen LogP contribution in [0, 0.1) is 11.8 Å². The molecule has 1 saturated heterocycles. The van der Waals surface area contributed by atoms with Crippen molar-refractivity contribution in [2.75, 3.05) is 25.5 Å². The number of carbonyl (C=O) groups excluding carboxylic acids is 1. The minimum absolute atomic E-state index is 0.160. The molecular formula is C15H21N3O. The number of carbonyl (C=O) groups is 1. The van der Waals surface area contributed by atoms with E-state index < -0.39 is 0 Å². The fourth-order valence-corrected chi connectivity index (χ4v) is 3.45. The Morgan fingerprint density at radius 2 is 2.00 bits per heavy atom. The van der Waals surface area contributed by atoms with Crippen molar-refractivity contribution in [3.05, 3.63) is 23.9 Å². The van der Waals surface area contributed by atoms with Gasteiger partial charge >= 0.3 is 0 Å². The quantitative estimate of drug-likeness (QED) is 0.887. The number of pyridine rings is 1. The van der Waals surface area contributed by atoms with E-state index in [0.717, 1.165) is 36.3 Å². The largest absolute Gasteiger partial charge is 0.373 e. The monoisotopic (exact) mass is 259 g/mol. The lowest BCUT2D eigenvalue weighted by atomic mass is 9.82. The second kappa shape index (κ2) is 5.19. The van der Waals surface area contributed by atoms with E-state index in [9.17, 15) is 4.79 Å². The molecule has 1 aliphatic carbocycles. The third-order valence-electron chi connectivity index (χ3n) is 4.53. The van der Waals surface area contributed by atoms with Gasteiger partial charge in [0, 0.05) is 31.9 Å². The van der Waals surface area contributed by atoms with Crippen LogP contribution in [0.5, 0.6) is 0 Å². The number of amides is 1. The Balaban J connectivity index is 1.73. The molecule has 19 heavy (non-hydrogen) atoms. The molecule has 4 nitrogen and oxygen atoms in total. The summed E-state index contributed by atoms with van der Waals surface area (Å²) in [4.78, 5) is 18.7. The van der Waals surface area contributed by atoms with Crippen LogP contribution in [0.4, 0.5) is 5.82 Å². The first kappa shape index (κ1) is 12.5. The van der Waals surface area contributed by atoms with Gasteiger partial charge in [-0.1, -0.05) is 12.8 Å². The number of hydrogen-bond donors (Lipinski definition) is 1. The zero-order valence-electron chi connectivity index (χ0n) is 11.4. The molecule has 1 aromatic heterocycles. The third kappa shape index (κ3) is 2.44. The summed E-state index contributed by atoms with van der Waals surface area (Å²) < 4.78 is 0. The maximum atomic E-state index is 12.5. The first-order valence-electron chi connectivity index (χ1n) is 7.21. The molecule has 0 radical (unpaired) electrons. The minimum atomic E-state index is 0.160. The fraction of sp³-hybridized carbons (Fsp3) is 0.600. The lowest BCUT2D eigenvalue weighted by molar-refractivity contribution is 0.0784. The maximum absolute atomic E-state index is 12.5. The normalized spacial score (nSPS) is 26.1. The molecular weight excluding hydrogens is 238 g/mol. The highest BCUT2D eigenvalue weighted by molar-refractivity contribution is 5.95.